The summed E-state index contributed by atoms with van der Waals surface area (Å²) in [6.07, 6.45) is 3.08. The first kappa shape index (κ1) is 15.4. The molecular formula is C14H8BrF2N3S2. The van der Waals surface area contributed by atoms with Crippen molar-refractivity contribution in [3.05, 3.63) is 52.4 Å². The molecule has 0 amide bonds. The highest BCUT2D eigenvalue weighted by atomic mass is 79.9. The minimum absolute atomic E-state index is 0.132. The molecule has 0 aliphatic heterocycles. The minimum Gasteiger partial charge on any atom is -0.388 e. The monoisotopic (exact) mass is 399 g/mol. The summed E-state index contributed by atoms with van der Waals surface area (Å²) in [6, 6.07) is 4.99. The fourth-order valence-corrected chi connectivity index (χ4v) is 3.75. The van der Waals surface area contributed by atoms with Crippen molar-refractivity contribution in [1.29, 1.82) is 0 Å². The SMILES string of the molecule is NC(=S)c1cc(Sc2c(F)c(F)c3[nH]ccc3c2Br)ccn1. The number of benzene rings is 1. The van der Waals surface area contributed by atoms with E-state index in [1.165, 1.54) is 6.20 Å². The largest absolute Gasteiger partial charge is 0.388 e. The Labute approximate surface area is 142 Å². The quantitative estimate of drug-likeness (QED) is 0.506. The van der Waals surface area contributed by atoms with Crippen molar-refractivity contribution in [3.8, 4) is 0 Å². The number of nitrogens with zero attached hydrogens (tertiary/aromatic N) is 1. The highest BCUT2D eigenvalue weighted by Crippen LogP contribution is 2.41. The molecule has 0 unspecified atom stereocenters. The molecule has 3 nitrogen and oxygen atoms in total. The van der Waals surface area contributed by atoms with Gasteiger partial charge in [-0.05, 0) is 34.1 Å². The first-order valence-electron chi connectivity index (χ1n) is 6.06. The van der Waals surface area contributed by atoms with Crippen molar-refractivity contribution in [1.82, 2.24) is 9.97 Å². The topological polar surface area (TPSA) is 54.7 Å². The summed E-state index contributed by atoms with van der Waals surface area (Å²) in [5, 5.41) is 0.574. The molecule has 8 heteroatoms. The zero-order valence-electron chi connectivity index (χ0n) is 10.9. The van der Waals surface area contributed by atoms with Crippen LogP contribution >= 0.6 is 39.9 Å². The van der Waals surface area contributed by atoms with Gasteiger partial charge in [-0.25, -0.2) is 8.78 Å². The number of thiocarbonyl (C=S) groups is 1. The molecule has 3 aromatic rings. The van der Waals surface area contributed by atoms with Crippen LogP contribution in [0.4, 0.5) is 8.78 Å². The van der Waals surface area contributed by atoms with E-state index < -0.39 is 11.6 Å². The van der Waals surface area contributed by atoms with Gasteiger partial charge in [-0.3, -0.25) is 4.98 Å². The van der Waals surface area contributed by atoms with E-state index in [9.17, 15) is 8.78 Å². The summed E-state index contributed by atoms with van der Waals surface area (Å²) in [7, 11) is 0. The van der Waals surface area contributed by atoms with Gasteiger partial charge in [0.25, 0.3) is 0 Å². The lowest BCUT2D eigenvalue weighted by Gasteiger charge is -2.09. The Morgan fingerprint density at radius 2 is 2.09 bits per heavy atom. The molecule has 0 aliphatic rings. The van der Waals surface area contributed by atoms with Gasteiger partial charge in [-0.15, -0.1) is 0 Å². The molecule has 0 spiro atoms. The van der Waals surface area contributed by atoms with Crippen molar-refractivity contribution >= 4 is 55.8 Å². The average Bonchev–Trinajstić information content (AvgIpc) is 2.99. The van der Waals surface area contributed by atoms with Crippen molar-refractivity contribution in [2.45, 2.75) is 9.79 Å². The molecule has 2 aromatic heterocycles. The van der Waals surface area contributed by atoms with Crippen LogP contribution in [-0.4, -0.2) is 15.0 Å². The van der Waals surface area contributed by atoms with Crippen LogP contribution < -0.4 is 5.73 Å². The smallest absolute Gasteiger partial charge is 0.184 e. The molecule has 0 saturated carbocycles. The summed E-state index contributed by atoms with van der Waals surface area (Å²) in [4.78, 5) is 7.67. The van der Waals surface area contributed by atoms with Gasteiger partial charge in [0.1, 0.15) is 4.99 Å². The predicted octanol–water partition coefficient (Wildman–Crippen LogP) is 4.39. The lowest BCUT2D eigenvalue weighted by Crippen LogP contribution is -2.11. The van der Waals surface area contributed by atoms with E-state index in [1.54, 1.807) is 24.4 Å². The number of aromatic amines is 1. The van der Waals surface area contributed by atoms with E-state index >= 15 is 0 Å². The number of nitrogens with two attached hydrogens (primary N) is 1. The van der Waals surface area contributed by atoms with E-state index in [-0.39, 0.29) is 15.4 Å². The molecule has 1 aromatic carbocycles. The van der Waals surface area contributed by atoms with Gasteiger partial charge in [-0.2, -0.15) is 0 Å². The van der Waals surface area contributed by atoms with Gasteiger partial charge in [0, 0.05) is 27.1 Å². The number of rotatable bonds is 3. The third-order valence-corrected chi connectivity index (χ3v) is 5.37. The van der Waals surface area contributed by atoms with Crippen molar-refractivity contribution in [3.63, 3.8) is 0 Å². The van der Waals surface area contributed by atoms with Crippen molar-refractivity contribution < 1.29 is 8.78 Å². The maximum Gasteiger partial charge on any atom is 0.184 e. The molecular weight excluding hydrogens is 392 g/mol. The molecule has 112 valence electrons. The number of pyridine rings is 1. The molecule has 0 saturated heterocycles. The summed E-state index contributed by atoms with van der Waals surface area (Å²) in [6.45, 7) is 0. The highest BCUT2D eigenvalue weighted by Gasteiger charge is 2.20. The lowest BCUT2D eigenvalue weighted by molar-refractivity contribution is 0.497. The van der Waals surface area contributed by atoms with Crippen LogP contribution in [0.1, 0.15) is 5.69 Å². The second-order valence-electron chi connectivity index (χ2n) is 4.38. The second-order valence-corrected chi connectivity index (χ2v) is 6.70. The lowest BCUT2D eigenvalue weighted by atomic mass is 10.2. The van der Waals surface area contributed by atoms with Gasteiger partial charge >= 0.3 is 0 Å². The third-order valence-electron chi connectivity index (χ3n) is 3.00. The number of nitrogens with one attached hydrogen (secondary N) is 1. The number of aromatic nitrogens is 2. The van der Waals surface area contributed by atoms with Gasteiger partial charge in [0.05, 0.1) is 16.1 Å². The Kier molecular flexibility index (Phi) is 4.16. The van der Waals surface area contributed by atoms with Crippen molar-refractivity contribution in [2.75, 3.05) is 0 Å². The number of hydrogen-bond acceptors (Lipinski definition) is 3. The minimum atomic E-state index is -0.916. The number of fused-ring (bicyclic) bond motifs is 1. The van der Waals surface area contributed by atoms with Crippen LogP contribution in [0.3, 0.4) is 0 Å². The van der Waals surface area contributed by atoms with E-state index in [4.69, 9.17) is 18.0 Å². The summed E-state index contributed by atoms with van der Waals surface area (Å²) in [5.74, 6) is -1.82. The molecule has 0 bridgehead atoms. The van der Waals surface area contributed by atoms with Gasteiger partial charge in [0.2, 0.25) is 0 Å². The van der Waals surface area contributed by atoms with Crippen LogP contribution in [0.2, 0.25) is 0 Å². The van der Waals surface area contributed by atoms with Crippen LogP contribution in [0.5, 0.6) is 0 Å². The normalized spacial score (nSPS) is 11.0. The second kappa shape index (κ2) is 5.94. The number of hydrogen-bond donors (Lipinski definition) is 2. The van der Waals surface area contributed by atoms with E-state index in [2.05, 4.69) is 25.9 Å². The number of halogens is 3. The summed E-state index contributed by atoms with van der Waals surface area (Å²) >= 11 is 9.28. The van der Waals surface area contributed by atoms with E-state index in [1.807, 2.05) is 0 Å². The average molecular weight is 400 g/mol. The number of H-pyrrole nitrogens is 1. The molecule has 0 radical (unpaired) electrons. The Hall–Kier alpha value is -1.51. The predicted molar refractivity (Wildman–Crippen MR) is 90.2 cm³/mol. The van der Waals surface area contributed by atoms with Gasteiger partial charge in [0.15, 0.2) is 11.6 Å². The Morgan fingerprint density at radius 1 is 1.32 bits per heavy atom. The van der Waals surface area contributed by atoms with Crippen molar-refractivity contribution in [2.24, 2.45) is 5.73 Å². The van der Waals surface area contributed by atoms with Gasteiger partial charge < -0.3 is 10.7 Å². The van der Waals surface area contributed by atoms with E-state index in [0.717, 1.165) is 11.8 Å². The van der Waals surface area contributed by atoms with Crippen LogP contribution in [0, 0.1) is 11.6 Å². The zero-order valence-corrected chi connectivity index (χ0v) is 14.1. The first-order valence-corrected chi connectivity index (χ1v) is 8.08. The first-order chi connectivity index (χ1) is 10.5. The molecule has 2 heterocycles. The maximum atomic E-state index is 14.3. The third kappa shape index (κ3) is 2.62. The molecule has 0 fully saturated rings. The standard InChI is InChI=1S/C14H8BrF2N3S2/c15-9-7-2-4-20-12(7)10(16)11(17)13(9)22-6-1-3-19-8(5-6)14(18)21/h1-5,20H,(H2,18,21). The molecule has 22 heavy (non-hydrogen) atoms. The fraction of sp³-hybridized carbons (Fsp3) is 0. The zero-order chi connectivity index (χ0) is 15.9. The summed E-state index contributed by atoms with van der Waals surface area (Å²) < 4.78 is 28.9. The Morgan fingerprint density at radius 3 is 2.82 bits per heavy atom. The van der Waals surface area contributed by atoms with Crippen LogP contribution in [0.15, 0.2) is 44.9 Å². The van der Waals surface area contributed by atoms with Crippen LogP contribution in [0.25, 0.3) is 10.9 Å². The summed E-state index contributed by atoms with van der Waals surface area (Å²) in [5.41, 5.74) is 6.09. The Balaban J connectivity index is 2.11. The fourth-order valence-electron chi connectivity index (χ4n) is 1.98. The molecule has 0 atom stereocenters. The van der Waals surface area contributed by atoms with E-state index in [0.29, 0.717) is 20.4 Å². The maximum absolute atomic E-state index is 14.3. The van der Waals surface area contributed by atoms with Crippen LogP contribution in [-0.2, 0) is 0 Å². The molecule has 0 aliphatic carbocycles. The highest BCUT2D eigenvalue weighted by molar-refractivity contribution is 9.10. The molecule has 3 rings (SSSR count). The van der Waals surface area contributed by atoms with Gasteiger partial charge in [-0.1, -0.05) is 24.0 Å². The molecule has 3 N–H and O–H groups in total. The Bertz CT molecular complexity index is 895.